The Kier molecular flexibility index (Phi) is 21.0. The lowest BCUT2D eigenvalue weighted by atomic mass is 9.66. The normalized spacial score (nSPS) is 14.9. The van der Waals surface area contributed by atoms with Crippen molar-refractivity contribution in [3.63, 3.8) is 0 Å². The van der Waals surface area contributed by atoms with Crippen LogP contribution in [0.1, 0.15) is 122 Å². The molecule has 4 aliphatic carbocycles. The molecular weight excluding hydrogens is 1750 g/mol. The maximum absolute atomic E-state index is 6.54. The van der Waals surface area contributed by atoms with Gasteiger partial charge in [-0.25, -0.2) is 0 Å². The highest BCUT2D eigenvalue weighted by Crippen LogP contribution is 2.61. The Morgan fingerprint density at radius 3 is 0.894 bits per heavy atom. The van der Waals surface area contributed by atoms with E-state index in [0.717, 1.165) is 94.1 Å². The fourth-order valence-corrected chi connectivity index (χ4v) is 23.8. The Hall–Kier alpha value is -16.1. The number of para-hydroxylation sites is 4. The van der Waals surface area contributed by atoms with E-state index >= 15 is 0 Å². The summed E-state index contributed by atoms with van der Waals surface area (Å²) < 4.78 is 25.7. The number of furan rings is 2. The Morgan fingerprint density at radius 2 is 0.500 bits per heavy atom. The van der Waals surface area contributed by atoms with Gasteiger partial charge in [0.2, 0.25) is 0 Å². The van der Waals surface area contributed by atoms with E-state index in [1.54, 1.807) is 0 Å². The first-order valence-electron chi connectivity index (χ1n) is 49.3. The van der Waals surface area contributed by atoms with Gasteiger partial charge in [-0.2, -0.15) is 0 Å². The largest absolute Gasteiger partial charge is 0.494 e. The van der Waals surface area contributed by atoms with Crippen LogP contribution in [0, 0.1) is 0 Å². The van der Waals surface area contributed by atoms with E-state index in [4.69, 9.17) is 29.7 Å². The maximum atomic E-state index is 6.54. The predicted molar refractivity (Wildman–Crippen MR) is 590 cm³/mol. The third kappa shape index (κ3) is 14.0. The lowest BCUT2D eigenvalue weighted by Gasteiger charge is -2.34. The molecule has 20 aromatic carbocycles. The Balaban J connectivity index is 0.000000120. The van der Waals surface area contributed by atoms with E-state index in [1.165, 1.54) is 139 Å². The second-order valence-corrected chi connectivity index (χ2v) is 40.8. The van der Waals surface area contributed by atoms with Gasteiger partial charge >= 0.3 is 7.12 Å². The van der Waals surface area contributed by atoms with Gasteiger partial charge in [0, 0.05) is 71.3 Å². The molecule has 0 atom stereocenters. The molecule has 0 amide bonds. The number of anilines is 6. The zero-order valence-electron chi connectivity index (χ0n) is 80.5. The summed E-state index contributed by atoms with van der Waals surface area (Å²) >= 11 is 6.28. The molecule has 682 valence electrons. The van der Waals surface area contributed by atoms with Crippen molar-refractivity contribution in [1.82, 2.24) is 0 Å². The van der Waals surface area contributed by atoms with Gasteiger partial charge in [0.1, 0.15) is 22.3 Å². The molecule has 0 spiro atoms. The molecule has 2 aromatic heterocycles. The Bertz CT molecular complexity index is 8580. The summed E-state index contributed by atoms with van der Waals surface area (Å²) in [6, 6.07) is 171. The molecule has 0 unspecified atom stereocenters. The van der Waals surface area contributed by atoms with Crippen molar-refractivity contribution in [1.29, 1.82) is 0 Å². The standard InChI is InChI=1S/C64H45NO.C37H31BO3.C33H26ClN/c1-63(2)56-23-11-6-19-50(56)53-39-37-48(41-59(53)63)65(60-26-14-9-18-49(60)44-16-4-3-5-17-44)47-35-30-43(31-36-47)42-28-32-45(33-29-42)64(57-24-12-7-20-51(57)52-21-8-13-25-58(52)64)46-34-38-55-54-22-10-15-27-61(54)66-62(55)40-46;1-35(2)36(3,4)41-38(40-35)26-20-17-24(18-21-26)37(31-14-8-5-11-27(31)28-12-6-9-15-32(28)37)25-19-22-30-29-13-7-10-16-33(29)39-34(30)23-25;1-33(2)30-14-8-6-13-28(30)29-21-20-26(22-31(29)33)35(25-18-16-24(34)17-19-25)32-15-9-7-12-27(32)23-10-4-3-5-11-23/h3-41H,1-2H3;5-23H,1-4H3;3-22H,1-2H3. The summed E-state index contributed by atoms with van der Waals surface area (Å²) in [5.74, 6) is 0. The summed E-state index contributed by atoms with van der Waals surface area (Å²) in [5, 5.41) is 5.28. The lowest BCUT2D eigenvalue weighted by molar-refractivity contribution is 0.00578. The molecule has 0 saturated carbocycles. The van der Waals surface area contributed by atoms with Gasteiger partial charge in [0.25, 0.3) is 0 Å². The van der Waals surface area contributed by atoms with Gasteiger partial charge < -0.3 is 27.9 Å². The smallest absolute Gasteiger partial charge is 0.456 e. The first kappa shape index (κ1) is 87.4. The summed E-state index contributed by atoms with van der Waals surface area (Å²) in [6.45, 7) is 17.7. The van der Waals surface area contributed by atoms with Gasteiger partial charge in [-0.05, 0) is 264 Å². The van der Waals surface area contributed by atoms with Crippen LogP contribution in [-0.2, 0) is 31.0 Å². The number of hydrogen-bond donors (Lipinski definition) is 0. The average molecular weight is 1850 g/mol. The topological polar surface area (TPSA) is 51.2 Å². The Labute approximate surface area is 835 Å². The highest BCUT2D eigenvalue weighted by Gasteiger charge is 2.53. The molecule has 0 N–H and O–H groups in total. The van der Waals surface area contributed by atoms with Crippen LogP contribution in [0.4, 0.5) is 34.1 Å². The molecule has 0 bridgehead atoms. The molecule has 0 radical (unpaired) electrons. The molecule has 1 aliphatic heterocycles. The number of rotatable bonds is 14. The summed E-state index contributed by atoms with van der Waals surface area (Å²) in [7, 11) is -0.403. The van der Waals surface area contributed by atoms with Crippen LogP contribution >= 0.6 is 11.6 Å². The number of nitrogens with zero attached hydrogens (tertiary/aromatic N) is 2. The first-order valence-corrected chi connectivity index (χ1v) is 49.7. The number of halogens is 1. The van der Waals surface area contributed by atoms with Gasteiger partial charge in [-0.15, -0.1) is 0 Å². The lowest BCUT2D eigenvalue weighted by Crippen LogP contribution is -2.41. The Morgan fingerprint density at radius 1 is 0.211 bits per heavy atom. The van der Waals surface area contributed by atoms with E-state index in [-0.39, 0.29) is 22.0 Å². The molecule has 3 heterocycles. The van der Waals surface area contributed by atoms with Crippen LogP contribution in [-0.4, -0.2) is 18.3 Å². The summed E-state index contributed by atoms with van der Waals surface area (Å²) in [6.07, 6.45) is 0. The van der Waals surface area contributed by atoms with Crippen molar-refractivity contribution in [3.8, 4) is 77.9 Å². The van der Waals surface area contributed by atoms with Gasteiger partial charge in [0.15, 0.2) is 0 Å². The highest BCUT2D eigenvalue weighted by atomic mass is 35.5. The van der Waals surface area contributed by atoms with Crippen LogP contribution in [0.25, 0.3) is 122 Å². The number of benzene rings is 20. The van der Waals surface area contributed by atoms with Gasteiger partial charge in [-0.1, -0.05) is 415 Å². The van der Waals surface area contributed by atoms with E-state index in [1.807, 2.05) is 30.3 Å². The van der Waals surface area contributed by atoms with Crippen LogP contribution < -0.4 is 15.3 Å². The van der Waals surface area contributed by atoms with Crippen molar-refractivity contribution in [2.75, 3.05) is 9.80 Å². The molecule has 22 aromatic rings. The quantitative estimate of drug-likeness (QED) is 0.101. The highest BCUT2D eigenvalue weighted by molar-refractivity contribution is 6.62. The number of hydrogen-bond acceptors (Lipinski definition) is 6. The predicted octanol–water partition coefficient (Wildman–Crippen LogP) is 35.1. The van der Waals surface area contributed by atoms with Crippen molar-refractivity contribution < 1.29 is 18.1 Å². The average Bonchev–Trinajstić information content (AvgIpc) is 1.53. The van der Waals surface area contributed by atoms with Crippen molar-refractivity contribution in [2.24, 2.45) is 0 Å². The van der Waals surface area contributed by atoms with Crippen LogP contribution in [0.15, 0.2) is 482 Å². The minimum Gasteiger partial charge on any atom is -0.456 e. The molecule has 5 aliphatic rings. The third-order valence-corrected chi connectivity index (χ3v) is 31.6. The van der Waals surface area contributed by atoms with Gasteiger partial charge in [-0.3, -0.25) is 0 Å². The zero-order valence-corrected chi connectivity index (χ0v) is 81.3. The molecule has 1 saturated heterocycles. The van der Waals surface area contributed by atoms with Crippen LogP contribution in [0.3, 0.4) is 0 Å². The fraction of sp³-hybridized carbons (Fsp3) is 0.104. The maximum Gasteiger partial charge on any atom is 0.494 e. The molecule has 6 nitrogen and oxygen atoms in total. The van der Waals surface area contributed by atoms with Gasteiger partial charge in [0.05, 0.1) is 33.4 Å². The molecular formula is C134H102BClN2O4. The zero-order chi connectivity index (χ0) is 96.0. The van der Waals surface area contributed by atoms with Crippen molar-refractivity contribution in [2.45, 2.75) is 88.3 Å². The van der Waals surface area contributed by atoms with Crippen molar-refractivity contribution in [3.05, 3.63) is 545 Å². The van der Waals surface area contributed by atoms with Crippen LogP contribution in [0.5, 0.6) is 0 Å². The van der Waals surface area contributed by atoms with E-state index in [9.17, 15) is 0 Å². The molecule has 142 heavy (non-hydrogen) atoms. The summed E-state index contributed by atoms with van der Waals surface area (Å²) in [4.78, 5) is 4.78. The van der Waals surface area contributed by atoms with E-state index in [2.05, 4.69) is 508 Å². The van der Waals surface area contributed by atoms with E-state index in [0.29, 0.717) is 0 Å². The number of fused-ring (bicyclic) bond motifs is 18. The van der Waals surface area contributed by atoms with Crippen LogP contribution in [0.2, 0.25) is 5.02 Å². The second kappa shape index (κ2) is 34.2. The molecule has 1 fully saturated rings. The third-order valence-electron chi connectivity index (χ3n) is 31.4. The minimum atomic E-state index is -0.540. The fourth-order valence-electron chi connectivity index (χ4n) is 23.7. The van der Waals surface area contributed by atoms with Crippen molar-refractivity contribution >= 4 is 102 Å². The molecule has 8 heteroatoms. The minimum absolute atomic E-state index is 0.0629. The summed E-state index contributed by atoms with van der Waals surface area (Å²) in [5.41, 5.74) is 42.2. The molecule has 27 rings (SSSR count). The van der Waals surface area contributed by atoms with E-state index < -0.39 is 17.9 Å². The SMILES string of the molecule is CC1(C)OB(c2ccc(C3(c4ccc5c(c4)oc4ccccc45)c4ccccc4-c4ccccc43)cc2)OC1(C)C.CC1(C)c2ccccc2-c2ccc(N(c3ccc(-c4ccc(C5(c6ccc7c(c6)oc6ccccc67)c6ccccc6-c6ccccc65)cc4)cc3)c3ccccc3-c3ccccc3)cc21.CC1(C)c2ccccc2-c2ccc(N(c3ccc(Cl)cc3)c3ccccc3-c3ccccc3)cc21. The first-order chi connectivity index (χ1) is 69.3. The second-order valence-electron chi connectivity index (χ2n) is 40.3. The monoisotopic (exact) mass is 1850 g/mol.